The molecule has 2 nitrogen and oxygen atoms in total. The summed E-state index contributed by atoms with van der Waals surface area (Å²) in [6.45, 7) is 7.42. The van der Waals surface area contributed by atoms with Crippen molar-refractivity contribution in [2.24, 2.45) is 0 Å². The summed E-state index contributed by atoms with van der Waals surface area (Å²) in [5.74, 6) is 0.709. The molecule has 112 valence electrons. The third kappa shape index (κ3) is 6.35. The van der Waals surface area contributed by atoms with Crippen LogP contribution in [0.15, 0.2) is 31.6 Å². The Hall–Kier alpha value is 0.260. The second kappa shape index (κ2) is 8.04. The van der Waals surface area contributed by atoms with Crippen molar-refractivity contribution in [3.63, 3.8) is 0 Å². The lowest BCUT2D eigenvalue weighted by Gasteiger charge is -2.21. The number of ether oxygens (including phenoxy) is 1. The summed E-state index contributed by atoms with van der Waals surface area (Å²) in [4.78, 5) is 0. The van der Waals surface area contributed by atoms with E-state index in [4.69, 9.17) is 27.9 Å². The quantitative estimate of drug-likeness (QED) is 0.618. The first kappa shape index (κ1) is 18.3. The van der Waals surface area contributed by atoms with Crippen LogP contribution in [0.5, 0.6) is 5.75 Å². The van der Waals surface area contributed by atoms with Gasteiger partial charge in [0.2, 0.25) is 0 Å². The molecule has 0 unspecified atom stereocenters. The Balaban J connectivity index is 2.81. The molecule has 0 aromatic heterocycles. The van der Waals surface area contributed by atoms with Gasteiger partial charge in [0.05, 0.1) is 14.0 Å². The number of hydrogen-bond acceptors (Lipinski definition) is 2. The van der Waals surface area contributed by atoms with Gasteiger partial charge in [-0.05, 0) is 70.3 Å². The summed E-state index contributed by atoms with van der Waals surface area (Å²) in [7, 11) is 0. The van der Waals surface area contributed by atoms with Crippen molar-refractivity contribution >= 4 is 55.1 Å². The molecule has 0 saturated heterocycles. The zero-order chi connectivity index (χ0) is 15.3. The third-order valence-electron chi connectivity index (χ3n) is 2.35. The van der Waals surface area contributed by atoms with Gasteiger partial charge in [0.25, 0.3) is 0 Å². The van der Waals surface area contributed by atoms with Crippen molar-refractivity contribution in [3.8, 4) is 5.75 Å². The van der Waals surface area contributed by atoms with Gasteiger partial charge in [0.15, 0.2) is 0 Å². The smallest absolute Gasteiger partial charge is 0.148 e. The van der Waals surface area contributed by atoms with E-state index in [1.165, 1.54) is 5.54 Å². The van der Waals surface area contributed by atoms with E-state index in [2.05, 4.69) is 57.9 Å². The van der Waals surface area contributed by atoms with Crippen LogP contribution in [0.25, 0.3) is 0 Å². The molecule has 6 heteroatoms. The van der Waals surface area contributed by atoms with E-state index in [1.54, 1.807) is 0 Å². The Labute approximate surface area is 147 Å². The summed E-state index contributed by atoms with van der Waals surface area (Å²) in [6, 6.07) is 4.05. The van der Waals surface area contributed by atoms with Crippen LogP contribution in [-0.2, 0) is 6.54 Å². The van der Waals surface area contributed by atoms with Gasteiger partial charge < -0.3 is 10.1 Å². The van der Waals surface area contributed by atoms with Gasteiger partial charge in [0, 0.05) is 17.6 Å². The predicted molar refractivity (Wildman–Crippen MR) is 93.7 cm³/mol. The molecule has 0 fully saturated rings. The average molecular weight is 446 g/mol. The molecular formula is C14H17Br2Cl2NO. The van der Waals surface area contributed by atoms with Crippen molar-refractivity contribution in [2.45, 2.75) is 32.9 Å². The summed E-state index contributed by atoms with van der Waals surface area (Å²) in [6.07, 6.45) is 0. The number of hydrogen-bond donors (Lipinski definition) is 1. The minimum atomic E-state index is 0.0762. The predicted octanol–water partition coefficient (Wildman–Crippen LogP) is 5.80. The van der Waals surface area contributed by atoms with Crippen molar-refractivity contribution in [2.75, 3.05) is 6.61 Å². The lowest BCUT2D eigenvalue weighted by atomic mass is 10.1. The fourth-order valence-corrected chi connectivity index (χ4v) is 3.02. The van der Waals surface area contributed by atoms with Crippen LogP contribution in [0.4, 0.5) is 0 Å². The van der Waals surface area contributed by atoms with Crippen molar-refractivity contribution < 1.29 is 4.74 Å². The van der Waals surface area contributed by atoms with E-state index in [0.29, 0.717) is 10.8 Å². The maximum Gasteiger partial charge on any atom is 0.148 e. The second-order valence-electron chi connectivity index (χ2n) is 5.34. The summed E-state index contributed by atoms with van der Waals surface area (Å²) in [5, 5.41) is 3.89. The van der Waals surface area contributed by atoms with Crippen LogP contribution >= 0.6 is 55.1 Å². The molecule has 1 rings (SSSR count). The Kier molecular flexibility index (Phi) is 7.36. The van der Waals surface area contributed by atoms with Crippen LogP contribution in [0, 0.1) is 0 Å². The molecule has 20 heavy (non-hydrogen) atoms. The van der Waals surface area contributed by atoms with Crippen LogP contribution in [0.3, 0.4) is 0 Å². The zero-order valence-electron chi connectivity index (χ0n) is 11.6. The number of nitrogens with one attached hydrogen (secondary N) is 1. The highest BCUT2D eigenvalue weighted by Crippen LogP contribution is 2.35. The van der Waals surface area contributed by atoms with Crippen LogP contribution in [0.1, 0.15) is 26.3 Å². The molecule has 1 aromatic rings. The molecule has 0 heterocycles. The first-order chi connectivity index (χ1) is 9.23. The fourth-order valence-electron chi connectivity index (χ4n) is 1.39. The van der Waals surface area contributed by atoms with Crippen LogP contribution < -0.4 is 10.1 Å². The zero-order valence-corrected chi connectivity index (χ0v) is 16.3. The number of benzene rings is 1. The summed E-state index contributed by atoms with van der Waals surface area (Å²) in [5.41, 5.74) is 2.53. The molecule has 0 radical (unpaired) electrons. The minimum Gasteiger partial charge on any atom is -0.486 e. The monoisotopic (exact) mass is 443 g/mol. The Morgan fingerprint density at radius 1 is 1.30 bits per heavy atom. The van der Waals surface area contributed by atoms with E-state index >= 15 is 0 Å². The normalized spacial score (nSPS) is 12.7. The van der Waals surface area contributed by atoms with Crippen molar-refractivity contribution in [1.29, 1.82) is 0 Å². The standard InChI is InChI=1S/C14H17Br2Cl2NO/c1-14(2,3)19-7-9-4-11(15)13(12(16)5-9)20-8-10(18)6-17/h4-6,19H,7-8H2,1-3H3/b10-6-. The number of rotatable bonds is 5. The Bertz CT molecular complexity index is 475. The second-order valence-corrected chi connectivity index (χ2v) is 7.75. The van der Waals surface area contributed by atoms with Gasteiger partial charge >= 0.3 is 0 Å². The van der Waals surface area contributed by atoms with Crippen molar-refractivity contribution in [1.82, 2.24) is 5.32 Å². The Morgan fingerprint density at radius 3 is 2.30 bits per heavy atom. The van der Waals surface area contributed by atoms with E-state index in [9.17, 15) is 0 Å². The highest BCUT2D eigenvalue weighted by molar-refractivity contribution is 9.11. The molecule has 0 aliphatic carbocycles. The van der Waals surface area contributed by atoms with E-state index in [-0.39, 0.29) is 12.1 Å². The van der Waals surface area contributed by atoms with Gasteiger partial charge in [-0.1, -0.05) is 23.2 Å². The lowest BCUT2D eigenvalue weighted by Crippen LogP contribution is -2.35. The highest BCUT2D eigenvalue weighted by Gasteiger charge is 2.12. The molecule has 1 aromatic carbocycles. The maximum atomic E-state index is 5.81. The van der Waals surface area contributed by atoms with Gasteiger partial charge in [-0.2, -0.15) is 0 Å². The first-order valence-corrected chi connectivity index (χ1v) is 8.43. The molecule has 0 spiro atoms. The van der Waals surface area contributed by atoms with Gasteiger partial charge in [-0.25, -0.2) is 0 Å². The molecule has 0 aliphatic rings. The topological polar surface area (TPSA) is 21.3 Å². The molecule has 1 N–H and O–H groups in total. The SMILES string of the molecule is CC(C)(C)NCc1cc(Br)c(OC/C(Cl)=C/Cl)c(Br)c1. The maximum absolute atomic E-state index is 5.81. The van der Waals surface area contributed by atoms with E-state index in [0.717, 1.165) is 21.1 Å². The molecular weight excluding hydrogens is 429 g/mol. The average Bonchev–Trinajstić information content (AvgIpc) is 2.34. The van der Waals surface area contributed by atoms with Gasteiger partial charge in [-0.3, -0.25) is 0 Å². The molecule has 0 bridgehead atoms. The third-order valence-corrected chi connectivity index (χ3v) is 4.13. The van der Waals surface area contributed by atoms with E-state index < -0.39 is 0 Å². The molecule has 0 saturated carbocycles. The first-order valence-electron chi connectivity index (χ1n) is 6.03. The summed E-state index contributed by atoms with van der Waals surface area (Å²) >= 11 is 18.3. The number of halogens is 4. The Morgan fingerprint density at radius 2 is 1.85 bits per heavy atom. The van der Waals surface area contributed by atoms with E-state index in [1.807, 2.05) is 12.1 Å². The fraction of sp³-hybridized carbons (Fsp3) is 0.429. The molecule has 0 atom stereocenters. The summed E-state index contributed by atoms with van der Waals surface area (Å²) < 4.78 is 7.37. The molecule has 0 aliphatic heterocycles. The lowest BCUT2D eigenvalue weighted by molar-refractivity contribution is 0.354. The van der Waals surface area contributed by atoms with Crippen molar-refractivity contribution in [3.05, 3.63) is 37.2 Å². The molecule has 0 amide bonds. The van der Waals surface area contributed by atoms with Gasteiger partial charge in [-0.15, -0.1) is 0 Å². The minimum absolute atomic E-state index is 0.0762. The van der Waals surface area contributed by atoms with Gasteiger partial charge in [0.1, 0.15) is 12.4 Å². The van der Waals surface area contributed by atoms with Crippen LogP contribution in [-0.4, -0.2) is 12.1 Å². The van der Waals surface area contributed by atoms with Crippen LogP contribution in [0.2, 0.25) is 0 Å². The largest absolute Gasteiger partial charge is 0.486 e. The highest BCUT2D eigenvalue weighted by atomic mass is 79.9.